The molecule has 4 heteroatoms. The number of nitrogens with one attached hydrogen (secondary N) is 3. The molecular formula is C17H23N3O. The third-order valence-electron chi connectivity index (χ3n) is 4.60. The summed E-state index contributed by atoms with van der Waals surface area (Å²) in [4.78, 5) is 11.2. The summed E-state index contributed by atoms with van der Waals surface area (Å²) in [6.45, 7) is 4.67. The van der Waals surface area contributed by atoms with Gasteiger partial charge in [0, 0.05) is 17.8 Å². The molecular weight excluding hydrogens is 262 g/mol. The van der Waals surface area contributed by atoms with E-state index in [0.717, 1.165) is 28.8 Å². The van der Waals surface area contributed by atoms with Gasteiger partial charge in [0.15, 0.2) is 0 Å². The molecule has 0 radical (unpaired) electrons. The van der Waals surface area contributed by atoms with Gasteiger partial charge in [0.1, 0.15) is 0 Å². The first-order chi connectivity index (χ1) is 10.1. The minimum absolute atomic E-state index is 0.0998. The van der Waals surface area contributed by atoms with Gasteiger partial charge in [-0.2, -0.15) is 0 Å². The summed E-state index contributed by atoms with van der Waals surface area (Å²) in [5.74, 6) is 1.53. The lowest BCUT2D eigenvalue weighted by Crippen LogP contribution is -2.33. The van der Waals surface area contributed by atoms with Crippen LogP contribution in [0.3, 0.4) is 0 Å². The summed E-state index contributed by atoms with van der Waals surface area (Å²) in [5.41, 5.74) is 2.90. The van der Waals surface area contributed by atoms with Gasteiger partial charge in [0.2, 0.25) is 0 Å². The van der Waals surface area contributed by atoms with Gasteiger partial charge in [-0.25, -0.2) is 0 Å². The molecule has 1 saturated carbocycles. The molecule has 0 amide bonds. The normalized spacial score (nSPS) is 25.7. The number of anilines is 1. The number of hydrogen-bond donors (Lipinski definition) is 3. The molecule has 3 unspecified atom stereocenters. The number of aromatic amines is 2. The average molecular weight is 285 g/mol. The van der Waals surface area contributed by atoms with Crippen molar-refractivity contribution in [1.29, 1.82) is 0 Å². The van der Waals surface area contributed by atoms with E-state index in [1.165, 1.54) is 19.3 Å². The van der Waals surface area contributed by atoms with Crippen LogP contribution in [0.25, 0.3) is 11.3 Å². The van der Waals surface area contributed by atoms with E-state index in [-0.39, 0.29) is 5.56 Å². The van der Waals surface area contributed by atoms with Crippen molar-refractivity contribution in [3.63, 3.8) is 0 Å². The molecule has 0 saturated heterocycles. The standard InChI is InChI=1S/C17H23N3O/c1-11-3-4-12(2)15(9-11)18-14-7-5-13(6-8-14)16-10-17(21)20-19-16/h5-8,10-12,15,18H,3-4,9H2,1-2H3,(H2,19,20,21). The Kier molecular flexibility index (Phi) is 3.86. The van der Waals surface area contributed by atoms with Gasteiger partial charge in [0.25, 0.3) is 5.56 Å². The van der Waals surface area contributed by atoms with Crippen LogP contribution in [0.5, 0.6) is 0 Å². The van der Waals surface area contributed by atoms with E-state index in [1.54, 1.807) is 6.07 Å². The van der Waals surface area contributed by atoms with Crippen LogP contribution < -0.4 is 10.9 Å². The summed E-state index contributed by atoms with van der Waals surface area (Å²) in [6.07, 6.45) is 3.90. The molecule has 1 aromatic carbocycles. The fraction of sp³-hybridized carbons (Fsp3) is 0.471. The zero-order valence-corrected chi connectivity index (χ0v) is 12.6. The van der Waals surface area contributed by atoms with Gasteiger partial charge in [0.05, 0.1) is 5.69 Å². The Balaban J connectivity index is 1.71. The Hall–Kier alpha value is -1.97. The fourth-order valence-corrected chi connectivity index (χ4v) is 3.18. The highest BCUT2D eigenvalue weighted by Crippen LogP contribution is 2.31. The highest BCUT2D eigenvalue weighted by molar-refractivity contribution is 5.62. The molecule has 21 heavy (non-hydrogen) atoms. The summed E-state index contributed by atoms with van der Waals surface area (Å²) in [6, 6.07) is 10.4. The predicted molar refractivity (Wildman–Crippen MR) is 86.4 cm³/mol. The molecule has 1 heterocycles. The van der Waals surface area contributed by atoms with Crippen LogP contribution in [-0.4, -0.2) is 16.2 Å². The van der Waals surface area contributed by atoms with Crippen molar-refractivity contribution in [2.75, 3.05) is 5.32 Å². The molecule has 1 aliphatic carbocycles. The van der Waals surface area contributed by atoms with Gasteiger partial charge in [-0.3, -0.25) is 15.0 Å². The fourth-order valence-electron chi connectivity index (χ4n) is 3.18. The van der Waals surface area contributed by atoms with Gasteiger partial charge >= 0.3 is 0 Å². The van der Waals surface area contributed by atoms with Gasteiger partial charge < -0.3 is 5.32 Å². The Morgan fingerprint density at radius 2 is 1.86 bits per heavy atom. The van der Waals surface area contributed by atoms with E-state index in [0.29, 0.717) is 6.04 Å². The van der Waals surface area contributed by atoms with Crippen LogP contribution in [-0.2, 0) is 0 Å². The molecule has 3 rings (SSSR count). The van der Waals surface area contributed by atoms with Crippen molar-refractivity contribution < 1.29 is 0 Å². The molecule has 4 nitrogen and oxygen atoms in total. The molecule has 2 aromatic rings. The van der Waals surface area contributed by atoms with E-state index in [9.17, 15) is 4.79 Å². The van der Waals surface area contributed by atoms with E-state index in [2.05, 4.69) is 41.5 Å². The molecule has 112 valence electrons. The SMILES string of the molecule is CC1CCC(C)C(Nc2ccc(-c3cc(=O)[nH][nH]3)cc2)C1. The molecule has 0 bridgehead atoms. The van der Waals surface area contributed by atoms with E-state index in [4.69, 9.17) is 0 Å². The summed E-state index contributed by atoms with van der Waals surface area (Å²) in [7, 11) is 0. The quantitative estimate of drug-likeness (QED) is 0.807. The number of hydrogen-bond acceptors (Lipinski definition) is 2. The van der Waals surface area contributed by atoms with E-state index < -0.39 is 0 Å². The lowest BCUT2D eigenvalue weighted by Gasteiger charge is -2.34. The van der Waals surface area contributed by atoms with E-state index >= 15 is 0 Å². The van der Waals surface area contributed by atoms with Crippen molar-refractivity contribution in [2.24, 2.45) is 11.8 Å². The third kappa shape index (κ3) is 3.20. The number of rotatable bonds is 3. The first-order valence-corrected chi connectivity index (χ1v) is 7.76. The summed E-state index contributed by atoms with van der Waals surface area (Å²) >= 11 is 0. The van der Waals surface area contributed by atoms with Crippen LogP contribution in [0.4, 0.5) is 5.69 Å². The molecule has 3 atom stereocenters. The van der Waals surface area contributed by atoms with Gasteiger partial charge in [-0.05, 0) is 42.4 Å². The number of aromatic nitrogens is 2. The topological polar surface area (TPSA) is 60.7 Å². The zero-order valence-electron chi connectivity index (χ0n) is 12.6. The minimum atomic E-state index is -0.0998. The highest BCUT2D eigenvalue weighted by atomic mass is 16.1. The molecule has 0 aliphatic heterocycles. The molecule has 3 N–H and O–H groups in total. The third-order valence-corrected chi connectivity index (χ3v) is 4.60. The van der Waals surface area contributed by atoms with Crippen molar-refractivity contribution in [3.8, 4) is 11.3 Å². The molecule has 1 aliphatic rings. The smallest absolute Gasteiger partial charge is 0.264 e. The van der Waals surface area contributed by atoms with E-state index in [1.807, 2.05) is 12.1 Å². The van der Waals surface area contributed by atoms with Crippen LogP contribution in [0, 0.1) is 11.8 Å². The largest absolute Gasteiger partial charge is 0.382 e. The molecule has 0 spiro atoms. The minimum Gasteiger partial charge on any atom is -0.382 e. The highest BCUT2D eigenvalue weighted by Gasteiger charge is 2.25. The lowest BCUT2D eigenvalue weighted by molar-refractivity contribution is 0.281. The summed E-state index contributed by atoms with van der Waals surface area (Å²) < 4.78 is 0. The van der Waals surface area contributed by atoms with Crippen molar-refractivity contribution in [1.82, 2.24) is 10.2 Å². The Morgan fingerprint density at radius 1 is 1.10 bits per heavy atom. The number of H-pyrrole nitrogens is 2. The summed E-state index contributed by atoms with van der Waals surface area (Å²) in [5, 5.41) is 9.10. The van der Waals surface area contributed by atoms with Crippen molar-refractivity contribution in [3.05, 3.63) is 40.7 Å². The Morgan fingerprint density at radius 3 is 2.52 bits per heavy atom. The zero-order chi connectivity index (χ0) is 14.8. The van der Waals surface area contributed by atoms with Crippen LogP contribution in [0.2, 0.25) is 0 Å². The molecule has 1 aromatic heterocycles. The average Bonchev–Trinajstić information content (AvgIpc) is 2.90. The number of benzene rings is 1. The maximum absolute atomic E-state index is 11.2. The second kappa shape index (κ2) is 5.80. The van der Waals surface area contributed by atoms with Gasteiger partial charge in [-0.15, -0.1) is 0 Å². The van der Waals surface area contributed by atoms with Crippen molar-refractivity contribution in [2.45, 2.75) is 39.2 Å². The predicted octanol–water partition coefficient (Wildman–Crippen LogP) is 3.61. The van der Waals surface area contributed by atoms with Crippen LogP contribution >= 0.6 is 0 Å². The Labute approximate surface area is 125 Å². The Bertz CT molecular complexity index is 641. The monoisotopic (exact) mass is 285 g/mol. The second-order valence-corrected chi connectivity index (χ2v) is 6.40. The maximum atomic E-state index is 11.2. The van der Waals surface area contributed by atoms with Crippen molar-refractivity contribution >= 4 is 5.69 Å². The molecule has 1 fully saturated rings. The first-order valence-electron chi connectivity index (χ1n) is 7.76. The second-order valence-electron chi connectivity index (χ2n) is 6.40. The van der Waals surface area contributed by atoms with Crippen LogP contribution in [0.1, 0.15) is 33.1 Å². The van der Waals surface area contributed by atoms with Crippen LogP contribution in [0.15, 0.2) is 35.1 Å². The van der Waals surface area contributed by atoms with Gasteiger partial charge in [-0.1, -0.05) is 32.4 Å². The first kappa shape index (κ1) is 14.0. The lowest BCUT2D eigenvalue weighted by atomic mass is 9.80. The maximum Gasteiger partial charge on any atom is 0.264 e.